The number of ether oxygens (including phenoxy) is 4. The maximum Gasteiger partial charge on any atom is 0.220 e. The van der Waals surface area contributed by atoms with Gasteiger partial charge in [0.05, 0.1) is 32.0 Å². The summed E-state index contributed by atoms with van der Waals surface area (Å²) in [4.78, 5) is 13.3. The van der Waals surface area contributed by atoms with Crippen LogP contribution in [0.5, 0.6) is 0 Å². The molecule has 0 aliphatic carbocycles. The average molecular weight is 1220 g/mol. The van der Waals surface area contributed by atoms with Gasteiger partial charge in [-0.25, -0.2) is 0 Å². The fourth-order valence-corrected chi connectivity index (χ4v) is 12.0. The number of hydrogen-bond donors (Lipinski definition) is 9. The first kappa shape index (κ1) is 80.3. The molecule has 14 nitrogen and oxygen atoms in total. The lowest BCUT2D eigenvalue weighted by atomic mass is 9.97. The Kier molecular flexibility index (Phi) is 53.4. The molecule has 0 aromatic heterocycles. The molecule has 1 amide bonds. The molecule has 0 bridgehead atoms. The van der Waals surface area contributed by atoms with Crippen molar-refractivity contribution in [3.05, 3.63) is 36.5 Å². The Hall–Kier alpha value is -1.79. The monoisotopic (exact) mass is 1220 g/mol. The van der Waals surface area contributed by atoms with Crippen molar-refractivity contribution in [2.45, 2.75) is 396 Å². The van der Waals surface area contributed by atoms with Gasteiger partial charge in [-0.05, 0) is 44.9 Å². The fraction of sp³-hybridized carbons (Fsp3) is 0.903. The molecular formula is C72H135NO13. The predicted molar refractivity (Wildman–Crippen MR) is 351 cm³/mol. The minimum absolute atomic E-state index is 0.247. The van der Waals surface area contributed by atoms with Crippen LogP contribution < -0.4 is 5.32 Å². The Balaban J connectivity index is 1.68. The molecule has 12 unspecified atom stereocenters. The van der Waals surface area contributed by atoms with E-state index in [4.69, 9.17) is 18.9 Å². The van der Waals surface area contributed by atoms with E-state index in [1.807, 2.05) is 6.08 Å². The molecule has 2 fully saturated rings. The SMILES string of the molecule is CCCCCCCCCCCCCCCCCCCCCCCC/C=C/CC/C=C/CC/C=C/C(O)C(COC1OC(CO)C(OC2OC(CO)C(O)C(O)C2O)C(O)C1O)NC(=O)CCCCCCCCCCCCCCCCCCCCCC. The topological polar surface area (TPSA) is 228 Å². The van der Waals surface area contributed by atoms with Crippen LogP contribution in [0.2, 0.25) is 0 Å². The van der Waals surface area contributed by atoms with Crippen LogP contribution in [0.4, 0.5) is 0 Å². The highest BCUT2D eigenvalue weighted by molar-refractivity contribution is 5.76. The smallest absolute Gasteiger partial charge is 0.220 e. The minimum Gasteiger partial charge on any atom is -0.394 e. The highest BCUT2D eigenvalue weighted by Gasteiger charge is 2.51. The Morgan fingerprint density at radius 3 is 1.14 bits per heavy atom. The zero-order chi connectivity index (χ0) is 62.3. The molecular weight excluding hydrogens is 1090 g/mol. The van der Waals surface area contributed by atoms with Crippen LogP contribution in [-0.2, 0) is 23.7 Å². The first-order valence-corrected chi connectivity index (χ1v) is 36.2. The molecule has 0 radical (unpaired) electrons. The molecule has 9 N–H and O–H groups in total. The van der Waals surface area contributed by atoms with Gasteiger partial charge in [-0.2, -0.15) is 0 Å². The number of nitrogens with one attached hydrogen (secondary N) is 1. The highest BCUT2D eigenvalue weighted by atomic mass is 16.7. The van der Waals surface area contributed by atoms with Crippen molar-refractivity contribution in [3.63, 3.8) is 0 Å². The normalized spacial score (nSPS) is 23.6. The molecule has 0 aromatic carbocycles. The number of unbranched alkanes of at least 4 members (excludes halogenated alkanes) is 43. The maximum absolute atomic E-state index is 13.3. The minimum atomic E-state index is -1.79. The molecule has 0 spiro atoms. The molecule has 14 heteroatoms. The van der Waals surface area contributed by atoms with Gasteiger partial charge < -0.3 is 65.1 Å². The molecule has 12 atom stereocenters. The lowest BCUT2D eigenvalue weighted by Gasteiger charge is -2.46. The molecule has 2 saturated heterocycles. The number of hydrogen-bond acceptors (Lipinski definition) is 13. The summed E-state index contributed by atoms with van der Waals surface area (Å²) in [7, 11) is 0. The van der Waals surface area contributed by atoms with Crippen molar-refractivity contribution in [3.8, 4) is 0 Å². The maximum atomic E-state index is 13.3. The summed E-state index contributed by atoms with van der Waals surface area (Å²) in [5.41, 5.74) is 0. The third-order valence-corrected chi connectivity index (χ3v) is 17.8. The number of amides is 1. The van der Waals surface area contributed by atoms with E-state index in [2.05, 4.69) is 43.5 Å². The Morgan fingerprint density at radius 1 is 0.407 bits per heavy atom. The second kappa shape index (κ2) is 57.1. The molecule has 2 heterocycles. The summed E-state index contributed by atoms with van der Waals surface area (Å²) in [5.74, 6) is -0.247. The van der Waals surface area contributed by atoms with Crippen molar-refractivity contribution in [2.75, 3.05) is 19.8 Å². The molecule has 2 rings (SSSR count). The first-order valence-electron chi connectivity index (χ1n) is 36.2. The number of allylic oxidation sites excluding steroid dienone is 5. The van der Waals surface area contributed by atoms with Crippen LogP contribution in [0, 0.1) is 0 Å². The van der Waals surface area contributed by atoms with Gasteiger partial charge in [0.15, 0.2) is 12.6 Å². The molecule has 86 heavy (non-hydrogen) atoms. The van der Waals surface area contributed by atoms with Crippen LogP contribution >= 0.6 is 0 Å². The van der Waals surface area contributed by atoms with Gasteiger partial charge >= 0.3 is 0 Å². The number of aliphatic hydroxyl groups excluding tert-OH is 8. The number of carbonyl (C=O) groups is 1. The van der Waals surface area contributed by atoms with E-state index in [-0.39, 0.29) is 18.9 Å². The summed E-state index contributed by atoms with van der Waals surface area (Å²) in [6.45, 7) is 2.83. The van der Waals surface area contributed by atoms with E-state index in [0.717, 1.165) is 44.9 Å². The van der Waals surface area contributed by atoms with E-state index < -0.39 is 86.8 Å². The van der Waals surface area contributed by atoms with E-state index in [1.54, 1.807) is 6.08 Å². The third-order valence-electron chi connectivity index (χ3n) is 17.8. The Morgan fingerprint density at radius 2 is 0.744 bits per heavy atom. The second-order valence-electron chi connectivity index (χ2n) is 25.7. The molecule has 0 saturated carbocycles. The van der Waals surface area contributed by atoms with Crippen molar-refractivity contribution in [1.82, 2.24) is 5.32 Å². The average Bonchev–Trinajstić information content (AvgIpc) is 2.32. The quantitative estimate of drug-likeness (QED) is 0.0204. The second-order valence-corrected chi connectivity index (χ2v) is 25.7. The van der Waals surface area contributed by atoms with Gasteiger partial charge in [-0.1, -0.05) is 307 Å². The van der Waals surface area contributed by atoms with Gasteiger partial charge in [0.1, 0.15) is 48.8 Å². The molecule has 2 aliphatic rings. The highest BCUT2D eigenvalue weighted by Crippen LogP contribution is 2.30. The molecule has 506 valence electrons. The molecule has 0 aromatic rings. The van der Waals surface area contributed by atoms with Crippen LogP contribution in [0.1, 0.15) is 322 Å². The van der Waals surface area contributed by atoms with Gasteiger partial charge in [0.2, 0.25) is 5.91 Å². The van der Waals surface area contributed by atoms with Gasteiger partial charge in [-0.3, -0.25) is 4.79 Å². The van der Waals surface area contributed by atoms with Gasteiger partial charge in [0, 0.05) is 6.42 Å². The summed E-state index contributed by atoms with van der Waals surface area (Å²) in [5, 5.41) is 87.4. The van der Waals surface area contributed by atoms with Crippen molar-refractivity contribution in [1.29, 1.82) is 0 Å². The van der Waals surface area contributed by atoms with Crippen LogP contribution in [0.3, 0.4) is 0 Å². The standard InChI is InChI=1S/C72H135NO13/c1-3-5-7-9-11-13-15-17-19-21-23-25-26-27-28-29-30-31-32-33-34-35-36-37-39-41-43-45-47-49-51-53-55-61(76)60(73-64(77)56-54-52-50-48-46-44-42-40-38-24-22-20-18-16-14-12-10-8-6-4-2)59-83-71-69(82)67(80)70(63(58-75)85-71)86-72-68(81)66(79)65(78)62(57-74)84-72/h37,39,45,47,53,55,60-63,65-72,74-76,78-82H,3-36,38,40-44,46,48-52,54,56-59H2,1-2H3,(H,73,77)/b39-37+,47-45+,55-53+. The van der Waals surface area contributed by atoms with Crippen molar-refractivity contribution >= 4 is 5.91 Å². The van der Waals surface area contributed by atoms with Gasteiger partial charge in [-0.15, -0.1) is 0 Å². The Bertz CT molecular complexity index is 1580. The van der Waals surface area contributed by atoms with E-state index in [0.29, 0.717) is 12.8 Å². The predicted octanol–water partition coefficient (Wildman–Crippen LogP) is 14.9. The summed E-state index contributed by atoms with van der Waals surface area (Å²) >= 11 is 0. The van der Waals surface area contributed by atoms with E-state index in [9.17, 15) is 45.6 Å². The largest absolute Gasteiger partial charge is 0.394 e. The number of aliphatic hydroxyl groups is 8. The Labute approximate surface area is 525 Å². The number of rotatable bonds is 60. The lowest BCUT2D eigenvalue weighted by molar-refractivity contribution is -0.359. The van der Waals surface area contributed by atoms with E-state index in [1.165, 1.54) is 244 Å². The van der Waals surface area contributed by atoms with Crippen LogP contribution in [0.15, 0.2) is 36.5 Å². The van der Waals surface area contributed by atoms with Crippen molar-refractivity contribution in [2.24, 2.45) is 0 Å². The zero-order valence-electron chi connectivity index (χ0n) is 55.1. The summed E-state index contributed by atoms with van der Waals surface area (Å²) < 4.78 is 22.8. The third kappa shape index (κ3) is 40.8. The lowest BCUT2D eigenvalue weighted by Crippen LogP contribution is -2.65. The van der Waals surface area contributed by atoms with Crippen LogP contribution in [-0.4, -0.2) is 140 Å². The van der Waals surface area contributed by atoms with Gasteiger partial charge in [0.25, 0.3) is 0 Å². The summed E-state index contributed by atoms with van der Waals surface area (Å²) in [6, 6.07) is -0.937. The van der Waals surface area contributed by atoms with E-state index >= 15 is 0 Å². The summed E-state index contributed by atoms with van der Waals surface area (Å²) in [6.07, 6.45) is 56.5. The van der Waals surface area contributed by atoms with Crippen molar-refractivity contribution < 1.29 is 64.6 Å². The number of carbonyl (C=O) groups excluding carboxylic acids is 1. The molecule has 2 aliphatic heterocycles. The zero-order valence-corrected chi connectivity index (χ0v) is 55.1. The van der Waals surface area contributed by atoms with Crippen LogP contribution in [0.25, 0.3) is 0 Å². The first-order chi connectivity index (χ1) is 42.1. The fourth-order valence-electron chi connectivity index (χ4n) is 12.0.